The fourth-order valence-corrected chi connectivity index (χ4v) is 4.96. The summed E-state index contributed by atoms with van der Waals surface area (Å²) in [5.41, 5.74) is -4.12. The summed E-state index contributed by atoms with van der Waals surface area (Å²) in [6.07, 6.45) is -8.52. The second kappa shape index (κ2) is 10.9. The van der Waals surface area contributed by atoms with Gasteiger partial charge in [0.05, 0.1) is 11.1 Å². The third-order valence-corrected chi connectivity index (χ3v) is 6.59. The zero-order chi connectivity index (χ0) is 26.7. The van der Waals surface area contributed by atoms with E-state index in [1.165, 1.54) is 13.0 Å². The topological polar surface area (TPSA) is 69.6 Å². The molecular formula is C24H22F6N2O3S. The molecule has 2 aromatic carbocycles. The van der Waals surface area contributed by atoms with E-state index in [0.29, 0.717) is 55.5 Å². The van der Waals surface area contributed by atoms with E-state index < -0.39 is 39.9 Å². The Balaban J connectivity index is 1.92. The Bertz CT molecular complexity index is 1160. The number of carbonyl (C=O) groups is 2. The van der Waals surface area contributed by atoms with E-state index in [2.05, 4.69) is 5.32 Å². The standard InChI is InChI=1S/C24H22F6N2O3S/c1-14(33)32-11-9-16(10-12-32)31-17-3-2-4-18(13-17)36-19-7-5-15(6-8-20(34)35)21(23(25,26)27)22(19)24(28,29)30/h2-8,13,16,31H,9-12H2,1H3,(H,34,35)/b8-6+. The van der Waals surface area contributed by atoms with E-state index in [9.17, 15) is 35.9 Å². The molecule has 2 aromatic rings. The van der Waals surface area contributed by atoms with Crippen LogP contribution in [0.3, 0.4) is 0 Å². The van der Waals surface area contributed by atoms with Crippen LogP contribution >= 0.6 is 11.8 Å². The molecule has 0 aliphatic carbocycles. The van der Waals surface area contributed by atoms with Crippen LogP contribution < -0.4 is 5.32 Å². The minimum absolute atomic E-state index is 0.0185. The van der Waals surface area contributed by atoms with Crippen molar-refractivity contribution in [1.82, 2.24) is 4.90 Å². The SMILES string of the molecule is CC(=O)N1CCC(Nc2cccc(Sc3ccc(/C=C/C(=O)O)c(C(F)(F)F)c3C(F)(F)F)c2)CC1. The number of benzene rings is 2. The highest BCUT2D eigenvalue weighted by molar-refractivity contribution is 7.99. The summed E-state index contributed by atoms with van der Waals surface area (Å²) >= 11 is 0.532. The number of halogens is 6. The average Bonchev–Trinajstić information content (AvgIpc) is 2.77. The van der Waals surface area contributed by atoms with E-state index in [4.69, 9.17) is 5.11 Å². The predicted molar refractivity (Wildman–Crippen MR) is 123 cm³/mol. The summed E-state index contributed by atoms with van der Waals surface area (Å²) in [4.78, 5) is 23.5. The van der Waals surface area contributed by atoms with Crippen molar-refractivity contribution in [1.29, 1.82) is 0 Å². The molecule has 0 unspecified atom stereocenters. The van der Waals surface area contributed by atoms with Crippen LogP contribution in [0.4, 0.5) is 32.0 Å². The number of likely N-dealkylation sites (tertiary alicyclic amines) is 1. The van der Waals surface area contributed by atoms with E-state index >= 15 is 0 Å². The number of alkyl halides is 6. The Morgan fingerprint density at radius 3 is 2.22 bits per heavy atom. The Labute approximate surface area is 207 Å². The number of nitrogens with zero attached hydrogens (tertiary/aromatic N) is 1. The lowest BCUT2D eigenvalue weighted by molar-refractivity contribution is -0.163. The second-order valence-corrected chi connectivity index (χ2v) is 9.24. The molecule has 0 aromatic heterocycles. The Hall–Kier alpha value is -3.15. The van der Waals surface area contributed by atoms with E-state index in [1.807, 2.05) is 0 Å². The molecule has 5 nitrogen and oxygen atoms in total. The first kappa shape index (κ1) is 27.4. The molecular weight excluding hydrogens is 510 g/mol. The molecule has 0 saturated carbocycles. The summed E-state index contributed by atoms with van der Waals surface area (Å²) in [5, 5.41) is 12.0. The first-order valence-corrected chi connectivity index (χ1v) is 11.6. The van der Waals surface area contributed by atoms with Gasteiger partial charge in [0.2, 0.25) is 5.91 Å². The fraction of sp³-hybridized carbons (Fsp3) is 0.333. The van der Waals surface area contributed by atoms with Gasteiger partial charge in [-0.05, 0) is 48.7 Å². The van der Waals surface area contributed by atoms with Crippen molar-refractivity contribution in [2.24, 2.45) is 0 Å². The van der Waals surface area contributed by atoms with Crippen molar-refractivity contribution in [3.05, 3.63) is 59.2 Å². The molecule has 1 aliphatic rings. The summed E-state index contributed by atoms with van der Waals surface area (Å²) in [7, 11) is 0. The van der Waals surface area contributed by atoms with Gasteiger partial charge in [0.1, 0.15) is 0 Å². The quantitative estimate of drug-likeness (QED) is 0.333. The third kappa shape index (κ3) is 6.96. The maximum absolute atomic E-state index is 13.9. The van der Waals surface area contributed by atoms with Crippen LogP contribution in [-0.4, -0.2) is 41.0 Å². The number of carbonyl (C=O) groups excluding carboxylic acids is 1. The van der Waals surface area contributed by atoms with Gasteiger partial charge in [0, 0.05) is 47.6 Å². The Morgan fingerprint density at radius 1 is 1.03 bits per heavy atom. The summed E-state index contributed by atoms with van der Waals surface area (Å²) < 4.78 is 83.0. The number of rotatable bonds is 6. The van der Waals surface area contributed by atoms with Crippen molar-refractivity contribution >= 4 is 35.4 Å². The molecule has 1 saturated heterocycles. The van der Waals surface area contributed by atoms with Crippen LogP contribution in [0.15, 0.2) is 52.3 Å². The van der Waals surface area contributed by atoms with E-state index in [0.717, 1.165) is 12.1 Å². The highest BCUT2D eigenvalue weighted by atomic mass is 32.2. The maximum Gasteiger partial charge on any atom is 0.418 e. The van der Waals surface area contributed by atoms with Gasteiger partial charge < -0.3 is 15.3 Å². The number of piperidine rings is 1. The van der Waals surface area contributed by atoms with Crippen molar-refractivity contribution in [3.63, 3.8) is 0 Å². The van der Waals surface area contributed by atoms with Crippen LogP contribution in [0.1, 0.15) is 36.5 Å². The number of hydrogen-bond acceptors (Lipinski definition) is 4. The molecule has 1 heterocycles. The highest BCUT2D eigenvalue weighted by Gasteiger charge is 2.46. The van der Waals surface area contributed by atoms with Crippen molar-refractivity contribution < 1.29 is 41.0 Å². The third-order valence-electron chi connectivity index (χ3n) is 5.54. The van der Waals surface area contributed by atoms with Crippen LogP contribution in [-0.2, 0) is 21.9 Å². The summed E-state index contributed by atoms with van der Waals surface area (Å²) in [6.45, 7) is 2.63. The summed E-state index contributed by atoms with van der Waals surface area (Å²) in [5.74, 6) is -1.61. The van der Waals surface area contributed by atoms with Gasteiger partial charge in [-0.1, -0.05) is 23.9 Å². The average molecular weight is 533 g/mol. The zero-order valence-electron chi connectivity index (χ0n) is 18.9. The molecule has 1 amide bonds. The monoisotopic (exact) mass is 532 g/mol. The van der Waals surface area contributed by atoms with Crippen LogP contribution in [0, 0.1) is 0 Å². The molecule has 194 valence electrons. The maximum atomic E-state index is 13.9. The summed E-state index contributed by atoms with van der Waals surface area (Å²) in [6, 6.07) is 8.08. The largest absolute Gasteiger partial charge is 0.478 e. The molecule has 36 heavy (non-hydrogen) atoms. The van der Waals surface area contributed by atoms with E-state index in [1.54, 1.807) is 23.1 Å². The number of hydrogen-bond donors (Lipinski definition) is 2. The van der Waals surface area contributed by atoms with Gasteiger partial charge in [0.25, 0.3) is 0 Å². The van der Waals surface area contributed by atoms with Gasteiger partial charge >= 0.3 is 18.3 Å². The second-order valence-electron chi connectivity index (χ2n) is 8.12. The van der Waals surface area contributed by atoms with Gasteiger partial charge in [-0.2, -0.15) is 26.3 Å². The van der Waals surface area contributed by atoms with Gasteiger partial charge in [-0.15, -0.1) is 0 Å². The smallest absolute Gasteiger partial charge is 0.418 e. The Morgan fingerprint density at radius 2 is 1.67 bits per heavy atom. The first-order chi connectivity index (χ1) is 16.8. The molecule has 1 fully saturated rings. The molecule has 3 rings (SSSR count). The minimum atomic E-state index is -5.38. The fourth-order valence-electron chi connectivity index (χ4n) is 3.92. The van der Waals surface area contributed by atoms with Gasteiger partial charge in [-0.25, -0.2) is 4.79 Å². The van der Waals surface area contributed by atoms with Crippen LogP contribution in [0.25, 0.3) is 6.08 Å². The lowest BCUT2D eigenvalue weighted by atomic mass is 9.99. The van der Waals surface area contributed by atoms with Gasteiger partial charge in [0.15, 0.2) is 0 Å². The van der Waals surface area contributed by atoms with E-state index in [-0.39, 0.29) is 16.8 Å². The number of anilines is 1. The molecule has 0 atom stereocenters. The van der Waals surface area contributed by atoms with Crippen LogP contribution in [0.5, 0.6) is 0 Å². The number of aliphatic carboxylic acids is 1. The van der Waals surface area contributed by atoms with Crippen molar-refractivity contribution in [3.8, 4) is 0 Å². The predicted octanol–water partition coefficient (Wildman–Crippen LogP) is 6.40. The highest BCUT2D eigenvalue weighted by Crippen LogP contribution is 2.48. The molecule has 2 N–H and O–H groups in total. The minimum Gasteiger partial charge on any atom is -0.478 e. The first-order valence-electron chi connectivity index (χ1n) is 10.8. The van der Waals surface area contributed by atoms with Crippen LogP contribution in [0.2, 0.25) is 0 Å². The number of carboxylic acids is 1. The molecule has 1 aliphatic heterocycles. The normalized spacial score (nSPS) is 15.4. The lowest BCUT2D eigenvalue weighted by Gasteiger charge is -2.32. The van der Waals surface area contributed by atoms with Crippen molar-refractivity contribution in [2.75, 3.05) is 18.4 Å². The number of nitrogens with one attached hydrogen (secondary N) is 1. The number of carboxylic acid groups (broad SMARTS) is 1. The molecule has 0 radical (unpaired) electrons. The zero-order valence-corrected chi connectivity index (χ0v) is 19.7. The number of amides is 1. The Kier molecular flexibility index (Phi) is 8.27. The van der Waals surface area contributed by atoms with Gasteiger partial charge in [-0.3, -0.25) is 4.79 Å². The molecule has 12 heteroatoms. The van der Waals surface area contributed by atoms with Crippen molar-refractivity contribution in [2.45, 2.75) is 48.0 Å². The molecule has 0 spiro atoms. The molecule has 0 bridgehead atoms. The lowest BCUT2D eigenvalue weighted by Crippen LogP contribution is -2.41.